The molecule has 2 N–H and O–H groups in total. The minimum atomic E-state index is -2.61. The van der Waals surface area contributed by atoms with Crippen LogP contribution >= 0.6 is 23.2 Å². The lowest BCUT2D eigenvalue weighted by atomic mass is 9.44. The Hall–Kier alpha value is -1.35. The van der Waals surface area contributed by atoms with Crippen LogP contribution in [0.2, 0.25) is 0 Å². The van der Waals surface area contributed by atoms with E-state index < -0.39 is 81.6 Å². The molecule has 3 fully saturated rings. The average molecular weight is 521 g/mol. The van der Waals surface area contributed by atoms with E-state index in [9.17, 15) is 24.6 Å². The number of rotatable bonds is 3. The maximum Gasteiger partial charge on any atom is 0.303 e. The normalized spacial score (nSPS) is 49.9. The fraction of sp³-hybridized carbons (Fsp3) is 0.708. The molecule has 188 valence electrons. The van der Waals surface area contributed by atoms with Crippen molar-refractivity contribution in [3.63, 3.8) is 0 Å². The van der Waals surface area contributed by atoms with Crippen molar-refractivity contribution in [2.75, 3.05) is 6.61 Å². The van der Waals surface area contributed by atoms with Crippen LogP contribution < -0.4 is 0 Å². The van der Waals surface area contributed by atoms with E-state index in [0.717, 1.165) is 19.1 Å². The van der Waals surface area contributed by atoms with Gasteiger partial charge >= 0.3 is 5.97 Å². The molecule has 0 heterocycles. The molecule has 10 heteroatoms. The Morgan fingerprint density at radius 1 is 1.24 bits per heavy atom. The fourth-order valence-corrected chi connectivity index (χ4v) is 8.19. The summed E-state index contributed by atoms with van der Waals surface area (Å²) < 4.78 is 38.0. The molecule has 0 aromatic rings. The van der Waals surface area contributed by atoms with E-state index in [-0.39, 0.29) is 23.4 Å². The fourth-order valence-electron chi connectivity index (χ4n) is 7.50. The van der Waals surface area contributed by atoms with Gasteiger partial charge in [0.1, 0.15) is 5.60 Å². The van der Waals surface area contributed by atoms with E-state index in [1.807, 2.05) is 0 Å². The molecule has 0 amide bonds. The maximum atomic E-state index is 17.3. The van der Waals surface area contributed by atoms with Gasteiger partial charge in [-0.1, -0.05) is 37.0 Å². The summed E-state index contributed by atoms with van der Waals surface area (Å²) in [5.41, 5.74) is -8.01. The summed E-state index contributed by atoms with van der Waals surface area (Å²) in [6.07, 6.45) is -0.446. The average Bonchev–Trinajstić information content (AvgIpc) is 2.92. The Bertz CT molecular complexity index is 1040. The summed E-state index contributed by atoms with van der Waals surface area (Å²) in [5.74, 6) is -4.81. The van der Waals surface area contributed by atoms with Crippen molar-refractivity contribution in [3.05, 3.63) is 22.8 Å². The lowest BCUT2D eigenvalue weighted by Gasteiger charge is -2.64. The first kappa shape index (κ1) is 25.7. The molecule has 0 aromatic heterocycles. The Kier molecular flexibility index (Phi) is 5.73. The third-order valence-corrected chi connectivity index (χ3v) is 9.77. The lowest BCUT2D eigenvalue weighted by molar-refractivity contribution is -0.226. The SMILES string of the molecule is CC(=O)OCC(=O)[C@@]1(O)[C@H](C)C[C@H]2[C@@H]3C[C@@](F)(Cl)C4=CC(=O)C(Cl)=C[C@]4(C)[C@@]3(F)[C@@H](O)C[C@@]21C. The van der Waals surface area contributed by atoms with Gasteiger partial charge in [0.05, 0.1) is 11.1 Å². The number of esters is 1. The number of hydrogen-bond acceptors (Lipinski definition) is 6. The highest BCUT2D eigenvalue weighted by Gasteiger charge is 2.78. The van der Waals surface area contributed by atoms with E-state index >= 15 is 8.78 Å². The first-order valence-electron chi connectivity index (χ1n) is 11.3. The standard InChI is InChI=1S/C24H28Cl2F2O6/c1-11-5-13-14-7-22(26,27)17-6-16(30)15(25)8-21(17,4)23(14,28)18(31)9-20(13,3)24(11,33)19(32)10-34-12(2)29/h6,8,11,13-14,18,31,33H,5,7,9-10H2,1-4H3/t11-,13+,14+,18+,20+,21+,22+,23+,24+/m1/s1. The summed E-state index contributed by atoms with van der Waals surface area (Å²) in [5, 5.41) is 20.1. The van der Waals surface area contributed by atoms with Crippen LogP contribution in [0.5, 0.6) is 0 Å². The molecule has 0 spiro atoms. The van der Waals surface area contributed by atoms with Crippen LogP contribution in [0.1, 0.15) is 47.0 Å². The summed E-state index contributed by atoms with van der Waals surface area (Å²) in [4.78, 5) is 36.5. The monoisotopic (exact) mass is 520 g/mol. The minimum absolute atomic E-state index is 0.153. The quantitative estimate of drug-likeness (QED) is 0.436. The smallest absolute Gasteiger partial charge is 0.303 e. The number of carbonyl (C=O) groups excluding carboxylic acids is 3. The second-order valence-electron chi connectivity index (χ2n) is 10.8. The van der Waals surface area contributed by atoms with Gasteiger partial charge < -0.3 is 14.9 Å². The molecule has 6 nitrogen and oxygen atoms in total. The Labute approximate surface area is 206 Å². The molecule has 4 rings (SSSR count). The van der Waals surface area contributed by atoms with Gasteiger partial charge in [0.15, 0.2) is 18.1 Å². The highest BCUT2D eigenvalue weighted by atomic mass is 35.5. The Balaban J connectivity index is 1.85. The zero-order valence-corrected chi connectivity index (χ0v) is 20.8. The number of carbonyl (C=O) groups is 3. The van der Waals surface area contributed by atoms with E-state index in [1.54, 1.807) is 13.8 Å². The van der Waals surface area contributed by atoms with Crippen molar-refractivity contribution in [2.45, 2.75) is 69.5 Å². The molecule has 0 unspecified atom stereocenters. The van der Waals surface area contributed by atoms with Crippen LogP contribution in [-0.4, -0.2) is 56.9 Å². The molecule has 3 saturated carbocycles. The lowest BCUT2D eigenvalue weighted by Crippen LogP contribution is -2.71. The van der Waals surface area contributed by atoms with E-state index in [1.165, 1.54) is 6.92 Å². The molecule has 0 radical (unpaired) electrons. The number of alkyl halides is 3. The molecule has 0 saturated heterocycles. The molecular weight excluding hydrogens is 493 g/mol. The number of allylic oxidation sites excluding steroid dienone is 4. The van der Waals surface area contributed by atoms with Gasteiger partial charge in [0.25, 0.3) is 0 Å². The van der Waals surface area contributed by atoms with Gasteiger partial charge in [0.2, 0.25) is 10.9 Å². The van der Waals surface area contributed by atoms with Crippen molar-refractivity contribution in [3.8, 4) is 0 Å². The van der Waals surface area contributed by atoms with Gasteiger partial charge in [-0.15, -0.1) is 0 Å². The number of fused-ring (bicyclic) bond motifs is 5. The number of hydrogen-bond donors (Lipinski definition) is 2. The molecule has 4 aliphatic rings. The maximum absolute atomic E-state index is 17.3. The molecule has 4 aliphatic carbocycles. The number of Topliss-reactive ketones (excluding diaryl/α,β-unsaturated/α-hetero) is 1. The summed E-state index contributed by atoms with van der Waals surface area (Å²) in [7, 11) is 0. The van der Waals surface area contributed by atoms with E-state index in [0.29, 0.717) is 0 Å². The topological polar surface area (TPSA) is 101 Å². The molecule has 0 bridgehead atoms. The van der Waals surface area contributed by atoms with Gasteiger partial charge in [-0.3, -0.25) is 14.4 Å². The van der Waals surface area contributed by atoms with Crippen molar-refractivity contribution in [2.24, 2.45) is 28.6 Å². The highest BCUT2D eigenvalue weighted by molar-refractivity contribution is 6.45. The largest absolute Gasteiger partial charge is 0.458 e. The van der Waals surface area contributed by atoms with Crippen molar-refractivity contribution in [1.82, 2.24) is 0 Å². The van der Waals surface area contributed by atoms with Crippen LogP contribution in [0.3, 0.4) is 0 Å². The van der Waals surface area contributed by atoms with Crippen LogP contribution in [0.25, 0.3) is 0 Å². The third-order valence-electron chi connectivity index (χ3n) is 9.12. The van der Waals surface area contributed by atoms with Crippen molar-refractivity contribution >= 4 is 40.7 Å². The van der Waals surface area contributed by atoms with Crippen LogP contribution in [0, 0.1) is 28.6 Å². The number of aliphatic hydroxyl groups is 2. The first-order chi connectivity index (χ1) is 15.5. The van der Waals surface area contributed by atoms with E-state index in [2.05, 4.69) is 0 Å². The summed E-state index contributed by atoms with van der Waals surface area (Å²) in [6.45, 7) is 5.01. The summed E-state index contributed by atoms with van der Waals surface area (Å²) in [6, 6.07) is 0. The van der Waals surface area contributed by atoms with Gasteiger partial charge in [-0.2, -0.15) is 0 Å². The molecule has 34 heavy (non-hydrogen) atoms. The number of ether oxygens (including phenoxy) is 1. The minimum Gasteiger partial charge on any atom is -0.458 e. The second-order valence-corrected chi connectivity index (χ2v) is 11.8. The molecule has 0 aliphatic heterocycles. The van der Waals surface area contributed by atoms with Gasteiger partial charge in [0, 0.05) is 30.1 Å². The predicted molar refractivity (Wildman–Crippen MR) is 119 cm³/mol. The number of ketones is 2. The molecule has 9 atom stereocenters. The Morgan fingerprint density at radius 2 is 1.85 bits per heavy atom. The van der Waals surface area contributed by atoms with Crippen molar-refractivity contribution < 1.29 is 38.1 Å². The van der Waals surface area contributed by atoms with Crippen molar-refractivity contribution in [1.29, 1.82) is 0 Å². The second kappa shape index (κ2) is 7.58. The van der Waals surface area contributed by atoms with E-state index in [4.69, 9.17) is 27.9 Å². The molecule has 0 aromatic carbocycles. The first-order valence-corrected chi connectivity index (χ1v) is 12.0. The highest BCUT2D eigenvalue weighted by Crippen LogP contribution is 2.73. The third kappa shape index (κ3) is 3.01. The zero-order chi connectivity index (χ0) is 25.6. The zero-order valence-electron chi connectivity index (χ0n) is 19.3. The van der Waals surface area contributed by atoms with Crippen LogP contribution in [0.4, 0.5) is 8.78 Å². The van der Waals surface area contributed by atoms with Gasteiger partial charge in [-0.05, 0) is 49.3 Å². The van der Waals surface area contributed by atoms with Crippen LogP contribution in [0.15, 0.2) is 22.8 Å². The predicted octanol–water partition coefficient (Wildman–Crippen LogP) is 3.55. The van der Waals surface area contributed by atoms with Gasteiger partial charge in [-0.25, -0.2) is 8.78 Å². The summed E-state index contributed by atoms with van der Waals surface area (Å²) >= 11 is 12.3. The number of halogens is 4. The molecular formula is C24H28Cl2F2O6. The Morgan fingerprint density at radius 3 is 2.44 bits per heavy atom. The number of aliphatic hydroxyl groups excluding tert-OH is 1. The van der Waals surface area contributed by atoms with Crippen LogP contribution in [-0.2, 0) is 19.1 Å².